The molecule has 1 aliphatic rings. The highest BCUT2D eigenvalue weighted by atomic mass is 32.2. The summed E-state index contributed by atoms with van der Waals surface area (Å²) in [5, 5.41) is 0. The van der Waals surface area contributed by atoms with Crippen LogP contribution in [0, 0.1) is 0 Å². The molecule has 1 rings (SSSR count). The van der Waals surface area contributed by atoms with Crippen molar-refractivity contribution in [3.63, 3.8) is 0 Å². The molecule has 2 radical (unpaired) electrons. The summed E-state index contributed by atoms with van der Waals surface area (Å²) in [5.74, 6) is 0.166. The van der Waals surface area contributed by atoms with Crippen molar-refractivity contribution in [2.24, 2.45) is 0 Å². The van der Waals surface area contributed by atoms with E-state index in [9.17, 15) is 8.42 Å². The third-order valence-corrected chi connectivity index (χ3v) is 8.68. The Morgan fingerprint density at radius 2 is 1.65 bits per heavy atom. The van der Waals surface area contributed by atoms with Crippen molar-refractivity contribution in [3.8, 4) is 0 Å². The topological polar surface area (TPSA) is 61.8 Å². The standard InChI is InChI=1S/C14H32O5SSi3/c1-22(2,3)18-14(19-23(4,5)6)21-12-8-10-17-13-9-7-11-20(13,15)16/h13-14H,7-12H2,1-6H3. The van der Waals surface area contributed by atoms with Gasteiger partial charge in [0.25, 0.3) is 0 Å². The molecule has 1 aliphatic heterocycles. The highest BCUT2D eigenvalue weighted by Crippen LogP contribution is 2.21. The lowest BCUT2D eigenvalue weighted by atomic mass is 10.4. The van der Waals surface area contributed by atoms with Gasteiger partial charge in [-0.05, 0) is 58.5 Å². The minimum atomic E-state index is -3.00. The van der Waals surface area contributed by atoms with Crippen LogP contribution < -0.4 is 0 Å². The SMILES string of the molecule is C[Si](C)(C)OC(O[Si](C)(C)C)[Si]CCCOC1CCCS1(=O)=O. The average Bonchev–Trinajstić information content (AvgIpc) is 2.64. The Kier molecular flexibility index (Phi) is 8.16. The smallest absolute Gasteiger partial charge is 0.186 e. The van der Waals surface area contributed by atoms with E-state index in [2.05, 4.69) is 39.3 Å². The van der Waals surface area contributed by atoms with E-state index in [0.717, 1.165) is 18.9 Å². The molecule has 0 N–H and O–H groups in total. The highest BCUT2D eigenvalue weighted by Gasteiger charge is 2.32. The molecular formula is C14H32O5SSi3. The summed E-state index contributed by atoms with van der Waals surface area (Å²) >= 11 is 0. The summed E-state index contributed by atoms with van der Waals surface area (Å²) in [7, 11) is -5.69. The van der Waals surface area contributed by atoms with Crippen LogP contribution in [0.3, 0.4) is 0 Å². The molecule has 23 heavy (non-hydrogen) atoms. The molecule has 0 spiro atoms. The van der Waals surface area contributed by atoms with Crippen molar-refractivity contribution in [2.45, 2.75) is 75.9 Å². The van der Waals surface area contributed by atoms with E-state index < -0.39 is 31.9 Å². The van der Waals surface area contributed by atoms with E-state index in [0.29, 0.717) is 22.5 Å². The molecule has 0 bridgehead atoms. The largest absolute Gasteiger partial charge is 0.397 e. The van der Waals surface area contributed by atoms with Gasteiger partial charge >= 0.3 is 0 Å². The van der Waals surface area contributed by atoms with Crippen molar-refractivity contribution in [1.29, 1.82) is 0 Å². The summed E-state index contributed by atoms with van der Waals surface area (Å²) in [4.78, 5) is 0. The van der Waals surface area contributed by atoms with Gasteiger partial charge in [0.2, 0.25) is 0 Å². The van der Waals surface area contributed by atoms with Gasteiger partial charge in [-0.3, -0.25) is 0 Å². The quantitative estimate of drug-likeness (QED) is 0.323. The number of hydrogen-bond donors (Lipinski definition) is 0. The molecule has 136 valence electrons. The fourth-order valence-corrected chi connectivity index (χ4v) is 8.72. The van der Waals surface area contributed by atoms with Crippen molar-refractivity contribution in [2.75, 3.05) is 12.4 Å². The van der Waals surface area contributed by atoms with Crippen molar-refractivity contribution < 1.29 is 22.0 Å². The molecule has 1 heterocycles. The lowest BCUT2D eigenvalue weighted by Gasteiger charge is -2.31. The molecule has 0 saturated carbocycles. The third kappa shape index (κ3) is 9.52. The molecule has 1 saturated heterocycles. The molecule has 0 aromatic carbocycles. The second-order valence-corrected chi connectivity index (χ2v) is 20.5. The molecule has 9 heteroatoms. The summed E-state index contributed by atoms with van der Waals surface area (Å²) in [5.41, 5.74) is -0.571. The Bertz CT molecular complexity index is 440. The first-order chi connectivity index (χ1) is 10.4. The van der Waals surface area contributed by atoms with Gasteiger partial charge in [-0.2, -0.15) is 0 Å². The van der Waals surface area contributed by atoms with Gasteiger partial charge < -0.3 is 13.6 Å². The fraction of sp³-hybridized carbons (Fsp3) is 1.00. The molecule has 0 aromatic rings. The van der Waals surface area contributed by atoms with Crippen LogP contribution in [0.4, 0.5) is 0 Å². The number of hydrogen-bond acceptors (Lipinski definition) is 5. The number of sulfone groups is 1. The Balaban J connectivity index is 2.31. The first-order valence-electron chi connectivity index (χ1n) is 8.31. The van der Waals surface area contributed by atoms with Gasteiger partial charge in [-0.1, -0.05) is 6.04 Å². The summed E-state index contributed by atoms with van der Waals surface area (Å²) < 4.78 is 41.2. The predicted octanol–water partition coefficient (Wildman–Crippen LogP) is 3.04. The molecule has 1 fully saturated rings. The third-order valence-electron chi connectivity index (χ3n) is 3.13. The van der Waals surface area contributed by atoms with E-state index in [1.54, 1.807) is 0 Å². The van der Waals surface area contributed by atoms with Crippen LogP contribution in [0.5, 0.6) is 0 Å². The minimum absolute atomic E-state index is 0.108. The summed E-state index contributed by atoms with van der Waals surface area (Å²) in [6.07, 6.45) is 2.22. The van der Waals surface area contributed by atoms with E-state index in [1.165, 1.54) is 0 Å². The van der Waals surface area contributed by atoms with Crippen molar-refractivity contribution in [3.05, 3.63) is 0 Å². The fourth-order valence-electron chi connectivity index (χ4n) is 2.21. The molecule has 1 unspecified atom stereocenters. The molecule has 0 aromatic heterocycles. The van der Waals surface area contributed by atoms with Crippen LogP contribution in [0.1, 0.15) is 19.3 Å². The number of ether oxygens (including phenoxy) is 1. The van der Waals surface area contributed by atoms with Crippen LogP contribution in [-0.4, -0.2) is 58.3 Å². The second-order valence-electron chi connectivity index (χ2n) is 7.91. The van der Waals surface area contributed by atoms with E-state index >= 15 is 0 Å². The first-order valence-corrected chi connectivity index (χ1v) is 18.1. The normalized spacial score (nSPS) is 22.0. The monoisotopic (exact) mass is 396 g/mol. The maximum atomic E-state index is 11.7. The Labute approximate surface area is 146 Å². The Morgan fingerprint density at radius 1 is 1.09 bits per heavy atom. The first kappa shape index (κ1) is 21.5. The van der Waals surface area contributed by atoms with Gasteiger partial charge in [-0.15, -0.1) is 0 Å². The molecule has 1 atom stereocenters. The maximum absolute atomic E-state index is 11.7. The zero-order valence-corrected chi connectivity index (χ0v) is 19.2. The average molecular weight is 397 g/mol. The second kappa shape index (κ2) is 8.72. The molecule has 0 amide bonds. The zero-order chi connectivity index (χ0) is 17.7. The summed E-state index contributed by atoms with van der Waals surface area (Å²) in [6.45, 7) is 13.5. The molecule has 5 nitrogen and oxygen atoms in total. The molecular weight excluding hydrogens is 364 g/mol. The van der Waals surface area contributed by atoms with Crippen LogP contribution in [0.15, 0.2) is 0 Å². The van der Waals surface area contributed by atoms with E-state index in [4.69, 9.17) is 13.6 Å². The minimum Gasteiger partial charge on any atom is -0.397 e. The van der Waals surface area contributed by atoms with Gasteiger partial charge in [0, 0.05) is 6.61 Å². The van der Waals surface area contributed by atoms with Crippen LogP contribution in [0.2, 0.25) is 45.3 Å². The highest BCUT2D eigenvalue weighted by molar-refractivity contribution is 7.92. The van der Waals surface area contributed by atoms with E-state index in [-0.39, 0.29) is 11.7 Å². The Morgan fingerprint density at radius 3 is 2.09 bits per heavy atom. The van der Waals surface area contributed by atoms with Gasteiger partial charge in [0.15, 0.2) is 31.9 Å². The van der Waals surface area contributed by atoms with Gasteiger partial charge in [0.05, 0.1) is 5.75 Å². The van der Waals surface area contributed by atoms with Crippen LogP contribution in [0.25, 0.3) is 0 Å². The van der Waals surface area contributed by atoms with Gasteiger partial charge in [-0.25, -0.2) is 8.42 Å². The van der Waals surface area contributed by atoms with Gasteiger partial charge in [0.1, 0.15) is 15.4 Å². The Hall–Kier alpha value is 0.481. The maximum Gasteiger partial charge on any atom is 0.186 e. The lowest BCUT2D eigenvalue weighted by Crippen LogP contribution is -2.43. The predicted molar refractivity (Wildman–Crippen MR) is 101 cm³/mol. The van der Waals surface area contributed by atoms with Crippen molar-refractivity contribution >= 4 is 36.0 Å². The molecule has 0 aliphatic carbocycles. The zero-order valence-electron chi connectivity index (χ0n) is 15.3. The van der Waals surface area contributed by atoms with Crippen LogP contribution in [-0.2, 0) is 23.4 Å². The lowest BCUT2D eigenvalue weighted by molar-refractivity contribution is 0.0598. The van der Waals surface area contributed by atoms with Crippen LogP contribution >= 0.6 is 0 Å². The summed E-state index contributed by atoms with van der Waals surface area (Å²) in [6, 6.07) is 0.951. The number of rotatable bonds is 10. The van der Waals surface area contributed by atoms with E-state index in [1.807, 2.05) is 0 Å². The van der Waals surface area contributed by atoms with Crippen molar-refractivity contribution in [1.82, 2.24) is 0 Å².